The molecule has 0 amide bonds. The number of fused-ring (bicyclic) bond motifs is 6. The quantitative estimate of drug-likeness (QED) is 0.201. The zero-order chi connectivity index (χ0) is 33.4. The van der Waals surface area contributed by atoms with Crippen molar-refractivity contribution in [1.29, 1.82) is 0 Å². The molecule has 6 aromatic carbocycles. The minimum absolute atomic E-state index is 0.202. The number of rotatable bonds is 4. The molecule has 3 nitrogen and oxygen atoms in total. The summed E-state index contributed by atoms with van der Waals surface area (Å²) in [4.78, 5) is 15.1. The van der Waals surface area contributed by atoms with Crippen LogP contribution in [0, 0.1) is 0 Å². The second kappa shape index (κ2) is 10.2. The number of thiophene rings is 2. The average Bonchev–Trinajstić information content (AvgIpc) is 3.72. The van der Waals surface area contributed by atoms with E-state index in [1.54, 1.807) is 11.3 Å². The lowest BCUT2D eigenvalue weighted by atomic mass is 10.0. The SMILES string of the molecule is [2H]c1c([2H])c([2H])c(-c2cccc3c2sc2cc(-c4nc(-c5ccccc5)nc(-c5cccc6sc7ccccc7c56)n4)ccc23)c([2H])c1[2H]. The van der Waals surface area contributed by atoms with Crippen molar-refractivity contribution in [3.05, 3.63) is 139 Å². The molecule has 0 unspecified atom stereocenters. The molecule has 0 N–H and O–H groups in total. The highest BCUT2D eigenvalue weighted by molar-refractivity contribution is 7.26. The number of aromatic nitrogens is 3. The molecule has 5 heteroatoms. The van der Waals surface area contributed by atoms with E-state index in [1.165, 1.54) is 26.1 Å². The van der Waals surface area contributed by atoms with Gasteiger partial charge < -0.3 is 0 Å². The van der Waals surface area contributed by atoms with E-state index in [0.29, 0.717) is 23.0 Å². The molecule has 0 aliphatic carbocycles. The van der Waals surface area contributed by atoms with E-state index in [2.05, 4.69) is 48.5 Å². The Morgan fingerprint density at radius 1 is 0.455 bits per heavy atom. The Labute approximate surface area is 268 Å². The second-order valence-electron chi connectivity index (χ2n) is 10.4. The Hall–Kier alpha value is -5.23. The maximum Gasteiger partial charge on any atom is 0.164 e. The summed E-state index contributed by atoms with van der Waals surface area (Å²) in [7, 11) is 0. The van der Waals surface area contributed by atoms with E-state index in [-0.39, 0.29) is 29.7 Å². The highest BCUT2D eigenvalue weighted by atomic mass is 32.1. The molecule has 0 saturated heterocycles. The van der Waals surface area contributed by atoms with Crippen molar-refractivity contribution in [2.45, 2.75) is 0 Å². The van der Waals surface area contributed by atoms with Crippen molar-refractivity contribution in [3.8, 4) is 45.3 Å². The number of benzene rings is 6. The van der Waals surface area contributed by atoms with Crippen LogP contribution in [0.3, 0.4) is 0 Å². The van der Waals surface area contributed by atoms with Crippen LogP contribution in [-0.2, 0) is 0 Å². The van der Waals surface area contributed by atoms with Gasteiger partial charge in [-0.15, -0.1) is 22.7 Å². The summed E-state index contributed by atoms with van der Waals surface area (Å²) in [5, 5.41) is 4.25. The molecule has 3 aromatic heterocycles. The first-order valence-electron chi connectivity index (χ1n) is 16.6. The van der Waals surface area contributed by atoms with Crippen molar-refractivity contribution < 1.29 is 6.85 Å². The van der Waals surface area contributed by atoms with Gasteiger partial charge in [0.15, 0.2) is 17.5 Å². The number of hydrogen-bond acceptors (Lipinski definition) is 5. The van der Waals surface area contributed by atoms with Crippen molar-refractivity contribution in [2.24, 2.45) is 0 Å². The predicted molar refractivity (Wildman–Crippen MR) is 187 cm³/mol. The Morgan fingerprint density at radius 2 is 1.16 bits per heavy atom. The molecule has 0 aliphatic rings. The Bertz CT molecular complexity index is 2760. The normalized spacial score (nSPS) is 13.2. The monoisotopic (exact) mass is 602 g/mol. The molecular formula is C39H23N3S2. The molecule has 0 saturated carbocycles. The zero-order valence-corrected chi connectivity index (χ0v) is 24.7. The lowest BCUT2D eigenvalue weighted by Crippen LogP contribution is -2.00. The first kappa shape index (κ1) is 20.6. The van der Waals surface area contributed by atoms with Crippen LogP contribution in [0.15, 0.2) is 139 Å². The largest absolute Gasteiger partial charge is 0.208 e. The summed E-state index contributed by atoms with van der Waals surface area (Å²) in [6, 6.07) is 34.9. The zero-order valence-electron chi connectivity index (χ0n) is 28.1. The van der Waals surface area contributed by atoms with Gasteiger partial charge in [-0.25, -0.2) is 15.0 Å². The van der Waals surface area contributed by atoms with Gasteiger partial charge in [-0.3, -0.25) is 0 Å². The molecule has 3 heterocycles. The fraction of sp³-hybridized carbons (Fsp3) is 0. The Morgan fingerprint density at radius 3 is 2.05 bits per heavy atom. The molecule has 206 valence electrons. The van der Waals surface area contributed by atoms with E-state index in [1.807, 2.05) is 60.7 Å². The van der Waals surface area contributed by atoms with Gasteiger partial charge in [0.25, 0.3) is 0 Å². The van der Waals surface area contributed by atoms with Gasteiger partial charge in [-0.1, -0.05) is 121 Å². The fourth-order valence-electron chi connectivity index (χ4n) is 5.82. The first-order chi connectivity index (χ1) is 23.9. The van der Waals surface area contributed by atoms with Crippen LogP contribution in [0.1, 0.15) is 6.85 Å². The van der Waals surface area contributed by atoms with Gasteiger partial charge in [0, 0.05) is 57.0 Å². The minimum atomic E-state index is -0.401. The van der Waals surface area contributed by atoms with Crippen molar-refractivity contribution in [2.75, 3.05) is 0 Å². The van der Waals surface area contributed by atoms with E-state index in [9.17, 15) is 0 Å². The molecule has 0 atom stereocenters. The van der Waals surface area contributed by atoms with Crippen LogP contribution < -0.4 is 0 Å². The van der Waals surface area contributed by atoms with Crippen molar-refractivity contribution in [1.82, 2.24) is 15.0 Å². The van der Waals surface area contributed by atoms with Crippen molar-refractivity contribution >= 4 is 63.0 Å². The van der Waals surface area contributed by atoms with Gasteiger partial charge >= 0.3 is 0 Å². The lowest BCUT2D eigenvalue weighted by molar-refractivity contribution is 1.08. The predicted octanol–water partition coefficient (Wildman–Crippen LogP) is 11.3. The maximum absolute atomic E-state index is 8.61. The molecule has 0 radical (unpaired) electrons. The summed E-state index contributed by atoms with van der Waals surface area (Å²) < 4.78 is 45.9. The molecule has 0 fully saturated rings. The smallest absolute Gasteiger partial charge is 0.164 e. The molecular weight excluding hydrogens is 575 g/mol. The molecule has 0 bridgehead atoms. The fourth-order valence-corrected chi connectivity index (χ4v) is 8.22. The average molecular weight is 603 g/mol. The molecule has 0 aliphatic heterocycles. The standard InChI is InChI=1S/C39H23N3S2/c1-3-11-24(12-4-1)27-16-9-17-29-28-22-21-26(23-34(28)44-36(27)29)38-40-37(25-13-5-2-6-14-25)41-39(42-38)31-18-10-20-33-35(31)30-15-7-8-19-32(30)43-33/h1-23H/i1D,3D,4D,11D,12D. The van der Waals surface area contributed by atoms with Crippen LogP contribution >= 0.6 is 22.7 Å². The van der Waals surface area contributed by atoms with Crippen LogP contribution in [-0.4, -0.2) is 15.0 Å². The molecule has 9 rings (SSSR count). The maximum atomic E-state index is 8.61. The van der Waals surface area contributed by atoms with E-state index >= 15 is 0 Å². The first-order valence-corrected chi connectivity index (χ1v) is 15.8. The second-order valence-corrected chi connectivity index (χ2v) is 12.6. The third kappa shape index (κ3) is 4.13. The third-order valence-electron chi connectivity index (χ3n) is 7.84. The van der Waals surface area contributed by atoms with Gasteiger partial charge in [-0.05, 0) is 29.3 Å². The minimum Gasteiger partial charge on any atom is -0.208 e. The van der Waals surface area contributed by atoms with E-state index in [0.717, 1.165) is 42.2 Å². The molecule has 44 heavy (non-hydrogen) atoms. The lowest BCUT2D eigenvalue weighted by Gasteiger charge is -2.09. The molecule has 9 aromatic rings. The van der Waals surface area contributed by atoms with Crippen LogP contribution in [0.2, 0.25) is 0 Å². The van der Waals surface area contributed by atoms with E-state index in [4.69, 9.17) is 21.8 Å². The van der Waals surface area contributed by atoms with Gasteiger partial charge in [0.1, 0.15) is 0 Å². The third-order valence-corrected chi connectivity index (χ3v) is 10.2. The van der Waals surface area contributed by atoms with Crippen LogP contribution in [0.25, 0.3) is 85.6 Å². The highest BCUT2D eigenvalue weighted by Crippen LogP contribution is 2.42. The van der Waals surface area contributed by atoms with Crippen LogP contribution in [0.4, 0.5) is 0 Å². The summed E-state index contributed by atoms with van der Waals surface area (Å²) >= 11 is 3.28. The number of hydrogen-bond donors (Lipinski definition) is 0. The summed E-state index contributed by atoms with van der Waals surface area (Å²) in [6.45, 7) is 0. The Kier molecular flexibility index (Phi) is 4.78. The summed E-state index contributed by atoms with van der Waals surface area (Å²) in [5.74, 6) is 1.72. The summed E-state index contributed by atoms with van der Waals surface area (Å²) in [6.07, 6.45) is 0. The number of nitrogens with zero attached hydrogens (tertiary/aromatic N) is 3. The van der Waals surface area contributed by atoms with Crippen molar-refractivity contribution in [3.63, 3.8) is 0 Å². The topological polar surface area (TPSA) is 38.7 Å². The summed E-state index contributed by atoms with van der Waals surface area (Å²) in [5.41, 5.74) is 3.48. The van der Waals surface area contributed by atoms with Gasteiger partial charge in [0.2, 0.25) is 0 Å². The Balaban J connectivity index is 1.26. The van der Waals surface area contributed by atoms with E-state index < -0.39 is 6.04 Å². The van der Waals surface area contributed by atoms with Crippen LogP contribution in [0.5, 0.6) is 0 Å². The highest BCUT2D eigenvalue weighted by Gasteiger charge is 2.18. The van der Waals surface area contributed by atoms with Gasteiger partial charge in [0.05, 0.1) is 6.85 Å². The molecule has 0 spiro atoms. The van der Waals surface area contributed by atoms with Gasteiger partial charge in [-0.2, -0.15) is 0 Å².